The minimum absolute atomic E-state index is 0.302. The van der Waals surface area contributed by atoms with E-state index in [4.69, 9.17) is 10.5 Å². The van der Waals surface area contributed by atoms with Crippen molar-refractivity contribution in [3.05, 3.63) is 0 Å². The summed E-state index contributed by atoms with van der Waals surface area (Å²) in [6.07, 6.45) is 7.97. The molecule has 2 aliphatic rings. The summed E-state index contributed by atoms with van der Waals surface area (Å²) < 4.78 is 5.29. The van der Waals surface area contributed by atoms with Crippen LogP contribution < -0.4 is 5.73 Å². The summed E-state index contributed by atoms with van der Waals surface area (Å²) in [4.78, 5) is 2.71. The van der Waals surface area contributed by atoms with Crippen LogP contribution in [0.5, 0.6) is 0 Å². The predicted octanol–water partition coefficient (Wildman–Crippen LogP) is 2.25. The second-order valence-corrected chi connectivity index (χ2v) is 6.34. The van der Waals surface area contributed by atoms with Gasteiger partial charge in [-0.2, -0.15) is 0 Å². The molecule has 0 radical (unpaired) electrons. The van der Waals surface area contributed by atoms with Crippen molar-refractivity contribution in [3.8, 4) is 0 Å². The Balaban J connectivity index is 1.97. The molecule has 0 aromatic carbocycles. The van der Waals surface area contributed by atoms with Gasteiger partial charge in [0.1, 0.15) is 0 Å². The molecule has 2 atom stereocenters. The van der Waals surface area contributed by atoms with Gasteiger partial charge >= 0.3 is 0 Å². The number of hydrogen-bond donors (Lipinski definition) is 1. The van der Waals surface area contributed by atoms with Crippen molar-refractivity contribution in [1.82, 2.24) is 4.90 Å². The van der Waals surface area contributed by atoms with Gasteiger partial charge in [0.05, 0.1) is 0 Å². The monoisotopic (exact) mass is 254 g/mol. The van der Waals surface area contributed by atoms with Crippen molar-refractivity contribution < 1.29 is 4.74 Å². The summed E-state index contributed by atoms with van der Waals surface area (Å²) in [6.45, 7) is 6.61. The first-order valence-corrected chi connectivity index (χ1v) is 7.67. The third-order valence-electron chi connectivity index (χ3n) is 5.41. The standard InChI is InChI=1S/C15H30N2O/c1-13-5-3-4-8-15(13,12-16)17-9-6-14(7-10-17)11-18-2/h13-14H,3-12,16H2,1-2H3. The Kier molecular flexibility index (Phi) is 5.05. The van der Waals surface area contributed by atoms with Crippen LogP contribution in [0.3, 0.4) is 0 Å². The fourth-order valence-electron chi connectivity index (χ4n) is 4.08. The van der Waals surface area contributed by atoms with Gasteiger partial charge in [0.25, 0.3) is 0 Å². The first-order valence-electron chi connectivity index (χ1n) is 7.67. The van der Waals surface area contributed by atoms with Crippen LogP contribution in [0.1, 0.15) is 45.4 Å². The molecule has 1 aliphatic carbocycles. The molecular weight excluding hydrogens is 224 g/mol. The third kappa shape index (κ3) is 2.73. The van der Waals surface area contributed by atoms with Crippen LogP contribution in [0.2, 0.25) is 0 Å². The fourth-order valence-corrected chi connectivity index (χ4v) is 4.08. The quantitative estimate of drug-likeness (QED) is 0.836. The molecule has 2 rings (SSSR count). The van der Waals surface area contributed by atoms with E-state index in [0.29, 0.717) is 5.54 Å². The Labute approximate surface area is 112 Å². The van der Waals surface area contributed by atoms with Crippen LogP contribution in [-0.4, -0.2) is 43.8 Å². The van der Waals surface area contributed by atoms with Gasteiger partial charge in [0.15, 0.2) is 0 Å². The van der Waals surface area contributed by atoms with Gasteiger partial charge in [-0.05, 0) is 50.6 Å². The number of rotatable bonds is 4. The lowest BCUT2D eigenvalue weighted by molar-refractivity contribution is -0.0182. The first kappa shape index (κ1) is 14.3. The van der Waals surface area contributed by atoms with Gasteiger partial charge in [0.2, 0.25) is 0 Å². The van der Waals surface area contributed by atoms with Crippen LogP contribution in [0, 0.1) is 11.8 Å². The molecule has 0 bridgehead atoms. The highest BCUT2D eigenvalue weighted by molar-refractivity contribution is 4.99. The van der Waals surface area contributed by atoms with E-state index < -0.39 is 0 Å². The second-order valence-electron chi connectivity index (χ2n) is 6.34. The molecule has 0 spiro atoms. The molecule has 1 aliphatic heterocycles. The molecule has 2 fully saturated rings. The van der Waals surface area contributed by atoms with E-state index in [1.165, 1.54) is 51.6 Å². The number of ether oxygens (including phenoxy) is 1. The van der Waals surface area contributed by atoms with Crippen LogP contribution >= 0.6 is 0 Å². The number of likely N-dealkylation sites (tertiary alicyclic amines) is 1. The van der Waals surface area contributed by atoms with Crippen molar-refractivity contribution >= 4 is 0 Å². The molecule has 0 aromatic rings. The number of nitrogens with two attached hydrogens (primary N) is 1. The van der Waals surface area contributed by atoms with E-state index in [1.807, 2.05) is 7.11 Å². The number of piperidine rings is 1. The average Bonchev–Trinajstić information content (AvgIpc) is 2.41. The van der Waals surface area contributed by atoms with Crippen molar-refractivity contribution in [1.29, 1.82) is 0 Å². The van der Waals surface area contributed by atoms with Gasteiger partial charge < -0.3 is 10.5 Å². The van der Waals surface area contributed by atoms with E-state index >= 15 is 0 Å². The van der Waals surface area contributed by atoms with Gasteiger partial charge in [0, 0.05) is 25.8 Å². The predicted molar refractivity (Wildman–Crippen MR) is 75.6 cm³/mol. The summed E-state index contributed by atoms with van der Waals surface area (Å²) in [7, 11) is 1.82. The van der Waals surface area contributed by atoms with Gasteiger partial charge in [-0.25, -0.2) is 0 Å². The molecule has 2 N–H and O–H groups in total. The molecule has 2 unspecified atom stereocenters. The number of methoxy groups -OCH3 is 1. The molecule has 3 heteroatoms. The molecule has 1 saturated carbocycles. The fraction of sp³-hybridized carbons (Fsp3) is 1.00. The smallest absolute Gasteiger partial charge is 0.0491 e. The van der Waals surface area contributed by atoms with E-state index in [9.17, 15) is 0 Å². The molecule has 0 aromatic heterocycles. The Bertz CT molecular complexity index is 251. The minimum atomic E-state index is 0.302. The summed E-state index contributed by atoms with van der Waals surface area (Å²) in [5, 5.41) is 0. The molecule has 106 valence electrons. The van der Waals surface area contributed by atoms with E-state index in [-0.39, 0.29) is 0 Å². The number of hydrogen-bond acceptors (Lipinski definition) is 3. The highest BCUT2D eigenvalue weighted by atomic mass is 16.5. The molecule has 0 amide bonds. The highest BCUT2D eigenvalue weighted by Crippen LogP contribution is 2.39. The maximum absolute atomic E-state index is 6.19. The van der Waals surface area contributed by atoms with Crippen molar-refractivity contribution in [2.75, 3.05) is 33.4 Å². The lowest BCUT2D eigenvalue weighted by Gasteiger charge is -2.52. The topological polar surface area (TPSA) is 38.5 Å². The second kappa shape index (κ2) is 6.36. The van der Waals surface area contributed by atoms with E-state index in [0.717, 1.165) is 25.0 Å². The normalized spacial score (nSPS) is 35.8. The average molecular weight is 254 g/mol. The molecule has 1 heterocycles. The third-order valence-corrected chi connectivity index (χ3v) is 5.41. The molecule has 18 heavy (non-hydrogen) atoms. The SMILES string of the molecule is COCC1CCN(C2(CN)CCCCC2C)CC1. The zero-order valence-corrected chi connectivity index (χ0v) is 12.2. The summed E-state index contributed by atoms with van der Waals surface area (Å²) in [5.74, 6) is 1.52. The lowest BCUT2D eigenvalue weighted by atomic mass is 9.71. The van der Waals surface area contributed by atoms with Crippen molar-refractivity contribution in [3.63, 3.8) is 0 Å². The lowest BCUT2D eigenvalue weighted by Crippen LogP contribution is -2.61. The largest absolute Gasteiger partial charge is 0.384 e. The maximum atomic E-state index is 6.19. The summed E-state index contributed by atoms with van der Waals surface area (Å²) >= 11 is 0. The van der Waals surface area contributed by atoms with E-state index in [2.05, 4.69) is 11.8 Å². The number of nitrogens with zero attached hydrogens (tertiary/aromatic N) is 1. The molecular formula is C15H30N2O. The molecule has 1 saturated heterocycles. The summed E-state index contributed by atoms with van der Waals surface area (Å²) in [6, 6.07) is 0. The van der Waals surface area contributed by atoms with Crippen molar-refractivity contribution in [2.45, 2.75) is 51.0 Å². The van der Waals surface area contributed by atoms with Gasteiger partial charge in [-0.3, -0.25) is 4.90 Å². The Morgan fingerprint density at radius 3 is 2.50 bits per heavy atom. The van der Waals surface area contributed by atoms with Crippen LogP contribution in [0.4, 0.5) is 0 Å². The van der Waals surface area contributed by atoms with Crippen LogP contribution in [0.15, 0.2) is 0 Å². The summed E-state index contributed by atoms with van der Waals surface area (Å²) in [5.41, 5.74) is 6.49. The van der Waals surface area contributed by atoms with Gasteiger partial charge in [-0.1, -0.05) is 19.8 Å². The Morgan fingerprint density at radius 2 is 1.94 bits per heavy atom. The Hall–Kier alpha value is -0.120. The van der Waals surface area contributed by atoms with Crippen molar-refractivity contribution in [2.24, 2.45) is 17.6 Å². The molecule has 3 nitrogen and oxygen atoms in total. The van der Waals surface area contributed by atoms with Crippen LogP contribution in [-0.2, 0) is 4.74 Å². The minimum Gasteiger partial charge on any atom is -0.384 e. The van der Waals surface area contributed by atoms with Gasteiger partial charge in [-0.15, -0.1) is 0 Å². The highest BCUT2D eigenvalue weighted by Gasteiger charge is 2.42. The first-order chi connectivity index (χ1) is 8.73. The zero-order valence-electron chi connectivity index (χ0n) is 12.2. The zero-order chi connectivity index (χ0) is 13.0. The van der Waals surface area contributed by atoms with Crippen LogP contribution in [0.25, 0.3) is 0 Å². The maximum Gasteiger partial charge on any atom is 0.0491 e. The van der Waals surface area contributed by atoms with E-state index in [1.54, 1.807) is 0 Å². The Morgan fingerprint density at radius 1 is 1.22 bits per heavy atom.